The summed E-state index contributed by atoms with van der Waals surface area (Å²) in [6, 6.07) is 20.2. The molecule has 0 heterocycles. The quantitative estimate of drug-likeness (QED) is 0.511. The number of allylic oxidation sites excluding steroid dienone is 3. The van der Waals surface area contributed by atoms with Crippen molar-refractivity contribution in [1.29, 1.82) is 0 Å². The smallest absolute Gasteiger partial charge is 0.227 e. The fourth-order valence-corrected chi connectivity index (χ4v) is 3.88. The van der Waals surface area contributed by atoms with Gasteiger partial charge in [-0.1, -0.05) is 109 Å². The second-order valence-electron chi connectivity index (χ2n) is 8.05. The lowest BCUT2D eigenvalue weighted by molar-refractivity contribution is -0.131. The molecule has 0 aliphatic heterocycles. The predicted molar refractivity (Wildman–Crippen MR) is 135 cm³/mol. The Bertz CT molecular complexity index is 873. The van der Waals surface area contributed by atoms with Crippen LogP contribution in [-0.2, 0) is 17.9 Å². The Labute approximate surface area is 195 Å². The number of carbonyl (C=O) groups is 1. The van der Waals surface area contributed by atoms with E-state index in [1.165, 1.54) is 6.42 Å². The Balaban J connectivity index is 0.00000107. The molecule has 0 radical (unpaired) electrons. The van der Waals surface area contributed by atoms with E-state index in [1.807, 2.05) is 96.8 Å². The summed E-state index contributed by atoms with van der Waals surface area (Å²) in [5, 5.41) is 0. The van der Waals surface area contributed by atoms with Gasteiger partial charge in [0, 0.05) is 17.6 Å². The number of nitrogens with two attached hydrogens (primary N) is 1. The van der Waals surface area contributed by atoms with Gasteiger partial charge in [-0.2, -0.15) is 0 Å². The fourth-order valence-electron chi connectivity index (χ4n) is 3.26. The molecule has 1 aliphatic rings. The van der Waals surface area contributed by atoms with E-state index in [1.54, 1.807) is 0 Å². The molecule has 4 heteroatoms. The van der Waals surface area contributed by atoms with Crippen LogP contribution in [0.25, 0.3) is 0 Å². The number of amides is 1. The maximum absolute atomic E-state index is 13.2. The first-order chi connectivity index (χ1) is 14.8. The predicted octanol–water partition coefficient (Wildman–Crippen LogP) is 6.51. The molecule has 1 unspecified atom stereocenters. The molecular formula is C27H33BrN2O. The van der Waals surface area contributed by atoms with Crippen molar-refractivity contribution in [1.82, 2.24) is 4.90 Å². The van der Waals surface area contributed by atoms with Crippen molar-refractivity contribution in [3.63, 3.8) is 0 Å². The lowest BCUT2D eigenvalue weighted by atomic mass is 9.99. The van der Waals surface area contributed by atoms with Gasteiger partial charge in [-0.05, 0) is 35.8 Å². The molecule has 0 spiro atoms. The van der Waals surface area contributed by atoms with Crippen LogP contribution < -0.4 is 5.73 Å². The first-order valence-corrected chi connectivity index (χ1v) is 11.5. The second kappa shape index (κ2) is 12.4. The maximum atomic E-state index is 13.2. The summed E-state index contributed by atoms with van der Waals surface area (Å²) in [5.41, 5.74) is 8.87. The summed E-state index contributed by atoms with van der Waals surface area (Å²) in [5.74, 6) is 0.0810. The van der Waals surface area contributed by atoms with Crippen molar-refractivity contribution in [3.05, 3.63) is 106 Å². The Kier molecular flexibility index (Phi) is 9.96. The minimum Gasteiger partial charge on any atom is -0.334 e. The summed E-state index contributed by atoms with van der Waals surface area (Å²) in [6.07, 6.45) is 9.36. The molecular weight excluding hydrogens is 448 g/mol. The molecule has 1 atom stereocenters. The topological polar surface area (TPSA) is 46.3 Å². The van der Waals surface area contributed by atoms with Crippen LogP contribution in [0.5, 0.6) is 0 Å². The van der Waals surface area contributed by atoms with Gasteiger partial charge < -0.3 is 10.6 Å². The molecule has 2 aromatic carbocycles. The van der Waals surface area contributed by atoms with Gasteiger partial charge in [0.25, 0.3) is 0 Å². The summed E-state index contributed by atoms with van der Waals surface area (Å²) >= 11 is 3.49. The summed E-state index contributed by atoms with van der Waals surface area (Å²) in [7, 11) is 0. The largest absolute Gasteiger partial charge is 0.334 e. The standard InChI is InChI=1S/C24H25BrN2O.C3H8/c1-24(26)15-21(12-13-22(25)16-24)14-23(28)27(17-19-8-4-2-5-9-19)18-20-10-6-3-7-11-20;1-3-2/h2-13,15-16H,14,17-18,26H2,1H3;3H2,1-2H3. The fraction of sp³-hybridized carbons (Fsp3) is 0.296. The molecule has 0 bridgehead atoms. The molecule has 0 fully saturated rings. The van der Waals surface area contributed by atoms with Crippen molar-refractivity contribution < 1.29 is 4.79 Å². The first kappa shape index (κ1) is 24.8. The van der Waals surface area contributed by atoms with Gasteiger partial charge in [0.2, 0.25) is 5.91 Å². The molecule has 3 rings (SSSR count). The molecule has 2 aromatic rings. The SMILES string of the molecule is CC1(N)C=C(Br)C=CC(CC(=O)N(Cc2ccccc2)Cc2ccccc2)=C1.CCC. The number of carbonyl (C=O) groups excluding carboxylic acids is 1. The Morgan fingerprint density at radius 3 is 1.87 bits per heavy atom. The van der Waals surface area contributed by atoms with E-state index in [2.05, 4.69) is 29.8 Å². The van der Waals surface area contributed by atoms with Crippen LogP contribution in [0.3, 0.4) is 0 Å². The van der Waals surface area contributed by atoms with E-state index in [-0.39, 0.29) is 5.91 Å². The van der Waals surface area contributed by atoms with E-state index in [4.69, 9.17) is 5.73 Å². The Morgan fingerprint density at radius 1 is 0.903 bits per heavy atom. The number of halogens is 1. The molecule has 31 heavy (non-hydrogen) atoms. The van der Waals surface area contributed by atoms with Crippen LogP contribution in [-0.4, -0.2) is 16.3 Å². The molecule has 0 aromatic heterocycles. The number of benzene rings is 2. The van der Waals surface area contributed by atoms with Gasteiger partial charge in [0.1, 0.15) is 0 Å². The Hall–Kier alpha value is -2.43. The monoisotopic (exact) mass is 480 g/mol. The molecule has 0 saturated heterocycles. The van der Waals surface area contributed by atoms with Gasteiger partial charge in [0.05, 0.1) is 12.0 Å². The third-order valence-corrected chi connectivity index (χ3v) is 5.04. The van der Waals surface area contributed by atoms with Crippen molar-refractivity contribution >= 4 is 21.8 Å². The normalized spacial score (nSPS) is 17.6. The highest BCUT2D eigenvalue weighted by atomic mass is 79.9. The second-order valence-corrected chi connectivity index (χ2v) is 8.97. The van der Waals surface area contributed by atoms with Crippen molar-refractivity contribution in [2.45, 2.75) is 52.2 Å². The highest BCUT2D eigenvalue weighted by molar-refractivity contribution is 9.11. The van der Waals surface area contributed by atoms with E-state index in [9.17, 15) is 4.79 Å². The Morgan fingerprint density at radius 2 is 1.39 bits per heavy atom. The number of hydrogen-bond acceptors (Lipinski definition) is 2. The van der Waals surface area contributed by atoms with Crippen LogP contribution in [0.4, 0.5) is 0 Å². The van der Waals surface area contributed by atoms with Crippen molar-refractivity contribution in [2.24, 2.45) is 5.73 Å². The minimum absolute atomic E-state index is 0.0810. The average molecular weight is 481 g/mol. The van der Waals surface area contributed by atoms with E-state index in [0.29, 0.717) is 19.5 Å². The third-order valence-electron chi connectivity index (χ3n) is 4.54. The highest BCUT2D eigenvalue weighted by Gasteiger charge is 2.20. The molecule has 0 saturated carbocycles. The van der Waals surface area contributed by atoms with Gasteiger partial charge >= 0.3 is 0 Å². The van der Waals surface area contributed by atoms with Gasteiger partial charge in [-0.15, -0.1) is 0 Å². The number of rotatable bonds is 6. The highest BCUT2D eigenvalue weighted by Crippen LogP contribution is 2.23. The van der Waals surface area contributed by atoms with Gasteiger partial charge in [-0.25, -0.2) is 0 Å². The van der Waals surface area contributed by atoms with Crippen LogP contribution in [0.15, 0.2) is 95.0 Å². The number of nitrogens with zero attached hydrogens (tertiary/aromatic N) is 1. The molecule has 1 aliphatic carbocycles. The van der Waals surface area contributed by atoms with Crippen molar-refractivity contribution in [3.8, 4) is 0 Å². The molecule has 164 valence electrons. The van der Waals surface area contributed by atoms with Crippen LogP contribution in [0, 0.1) is 0 Å². The minimum atomic E-state index is -0.596. The third kappa shape index (κ3) is 9.07. The molecule has 3 nitrogen and oxygen atoms in total. The van der Waals surface area contributed by atoms with Gasteiger partial charge in [0.15, 0.2) is 0 Å². The zero-order valence-electron chi connectivity index (χ0n) is 18.7. The van der Waals surface area contributed by atoms with Crippen LogP contribution >= 0.6 is 15.9 Å². The summed E-state index contributed by atoms with van der Waals surface area (Å²) in [4.78, 5) is 15.1. The maximum Gasteiger partial charge on any atom is 0.227 e. The zero-order chi connectivity index (χ0) is 22.7. The average Bonchev–Trinajstić information content (AvgIpc) is 2.86. The summed E-state index contributed by atoms with van der Waals surface area (Å²) < 4.78 is 0.918. The lowest BCUT2D eigenvalue weighted by Crippen LogP contribution is -2.32. The van der Waals surface area contributed by atoms with Crippen molar-refractivity contribution in [2.75, 3.05) is 0 Å². The van der Waals surface area contributed by atoms with Crippen LogP contribution in [0.2, 0.25) is 0 Å². The first-order valence-electron chi connectivity index (χ1n) is 10.8. The van der Waals surface area contributed by atoms with E-state index < -0.39 is 5.54 Å². The van der Waals surface area contributed by atoms with Gasteiger partial charge in [-0.3, -0.25) is 4.79 Å². The number of hydrogen-bond donors (Lipinski definition) is 1. The summed E-state index contributed by atoms with van der Waals surface area (Å²) in [6.45, 7) is 7.33. The van der Waals surface area contributed by atoms with E-state index >= 15 is 0 Å². The molecule has 2 N–H and O–H groups in total. The van der Waals surface area contributed by atoms with E-state index in [0.717, 1.165) is 21.2 Å². The lowest BCUT2D eigenvalue weighted by Gasteiger charge is -2.24. The molecule has 1 amide bonds. The van der Waals surface area contributed by atoms with Crippen LogP contribution in [0.1, 0.15) is 44.7 Å². The zero-order valence-corrected chi connectivity index (χ0v) is 20.3.